The SMILES string of the molecule is CC(C)C1(C(C)C)OCC(C)(C)C1N. The molecule has 1 unspecified atom stereocenters. The van der Waals surface area contributed by atoms with Crippen LogP contribution >= 0.6 is 0 Å². The highest BCUT2D eigenvalue weighted by Crippen LogP contribution is 2.46. The zero-order valence-electron chi connectivity index (χ0n) is 10.4. The molecule has 1 atom stereocenters. The molecule has 2 heteroatoms. The van der Waals surface area contributed by atoms with E-state index >= 15 is 0 Å². The van der Waals surface area contributed by atoms with Crippen molar-refractivity contribution in [3.8, 4) is 0 Å². The maximum atomic E-state index is 6.37. The fourth-order valence-corrected chi connectivity index (χ4v) is 2.82. The predicted octanol–water partition coefficient (Wildman–Crippen LogP) is 2.42. The molecule has 0 saturated carbocycles. The van der Waals surface area contributed by atoms with Crippen molar-refractivity contribution in [2.75, 3.05) is 6.61 Å². The lowest BCUT2D eigenvalue weighted by atomic mass is 9.69. The van der Waals surface area contributed by atoms with Gasteiger partial charge in [-0.25, -0.2) is 0 Å². The summed E-state index contributed by atoms with van der Waals surface area (Å²) in [5, 5.41) is 0. The van der Waals surface area contributed by atoms with E-state index in [0.29, 0.717) is 11.8 Å². The minimum atomic E-state index is -0.135. The van der Waals surface area contributed by atoms with E-state index in [1.807, 2.05) is 0 Å². The van der Waals surface area contributed by atoms with Gasteiger partial charge in [0.1, 0.15) is 0 Å². The molecular formula is C12H25NO. The zero-order valence-corrected chi connectivity index (χ0v) is 10.4. The first-order valence-corrected chi connectivity index (χ1v) is 5.64. The van der Waals surface area contributed by atoms with Gasteiger partial charge in [0.05, 0.1) is 12.2 Å². The van der Waals surface area contributed by atoms with Crippen molar-refractivity contribution in [3.05, 3.63) is 0 Å². The van der Waals surface area contributed by atoms with Crippen LogP contribution in [0.4, 0.5) is 0 Å². The van der Waals surface area contributed by atoms with E-state index in [2.05, 4.69) is 41.5 Å². The normalized spacial score (nSPS) is 30.2. The quantitative estimate of drug-likeness (QED) is 0.741. The fourth-order valence-electron chi connectivity index (χ4n) is 2.82. The van der Waals surface area contributed by atoms with Gasteiger partial charge in [0.15, 0.2) is 0 Å². The van der Waals surface area contributed by atoms with Crippen LogP contribution < -0.4 is 5.73 Å². The van der Waals surface area contributed by atoms with E-state index in [-0.39, 0.29) is 17.1 Å². The molecule has 1 saturated heterocycles. The maximum Gasteiger partial charge on any atom is 0.0884 e. The molecule has 0 radical (unpaired) electrons. The van der Waals surface area contributed by atoms with Crippen molar-refractivity contribution >= 4 is 0 Å². The number of nitrogens with two attached hydrogens (primary N) is 1. The van der Waals surface area contributed by atoms with Crippen LogP contribution in [0.25, 0.3) is 0 Å². The summed E-state index contributed by atoms with van der Waals surface area (Å²) in [7, 11) is 0. The van der Waals surface area contributed by atoms with Crippen molar-refractivity contribution in [1.82, 2.24) is 0 Å². The molecule has 84 valence electrons. The second kappa shape index (κ2) is 3.49. The Kier molecular flexibility index (Phi) is 2.99. The molecular weight excluding hydrogens is 174 g/mol. The van der Waals surface area contributed by atoms with Crippen molar-refractivity contribution < 1.29 is 4.74 Å². The average molecular weight is 199 g/mol. The van der Waals surface area contributed by atoms with Gasteiger partial charge < -0.3 is 10.5 Å². The largest absolute Gasteiger partial charge is 0.372 e. The Morgan fingerprint density at radius 3 is 1.71 bits per heavy atom. The highest BCUT2D eigenvalue weighted by molar-refractivity contribution is 5.07. The summed E-state index contributed by atoms with van der Waals surface area (Å²) in [5.41, 5.74) is 6.34. The van der Waals surface area contributed by atoms with Gasteiger partial charge in [0, 0.05) is 11.5 Å². The van der Waals surface area contributed by atoms with Gasteiger partial charge >= 0.3 is 0 Å². The topological polar surface area (TPSA) is 35.2 Å². The molecule has 1 rings (SSSR count). The van der Waals surface area contributed by atoms with Crippen LogP contribution in [-0.4, -0.2) is 18.2 Å². The van der Waals surface area contributed by atoms with E-state index in [4.69, 9.17) is 10.5 Å². The summed E-state index contributed by atoms with van der Waals surface area (Å²) in [4.78, 5) is 0. The fraction of sp³-hybridized carbons (Fsp3) is 1.00. The molecule has 1 aliphatic heterocycles. The van der Waals surface area contributed by atoms with Crippen LogP contribution in [0.3, 0.4) is 0 Å². The van der Waals surface area contributed by atoms with Crippen molar-refractivity contribution in [2.45, 2.75) is 53.2 Å². The molecule has 14 heavy (non-hydrogen) atoms. The van der Waals surface area contributed by atoms with Crippen LogP contribution in [-0.2, 0) is 4.74 Å². The third kappa shape index (κ3) is 1.49. The van der Waals surface area contributed by atoms with E-state index in [0.717, 1.165) is 6.61 Å². The van der Waals surface area contributed by atoms with Gasteiger partial charge in [-0.05, 0) is 11.8 Å². The van der Waals surface area contributed by atoms with Gasteiger partial charge in [-0.3, -0.25) is 0 Å². The first kappa shape index (κ1) is 12.0. The summed E-state index contributed by atoms with van der Waals surface area (Å²) >= 11 is 0. The van der Waals surface area contributed by atoms with Gasteiger partial charge in [-0.2, -0.15) is 0 Å². The van der Waals surface area contributed by atoms with Crippen LogP contribution in [0.1, 0.15) is 41.5 Å². The van der Waals surface area contributed by atoms with Gasteiger partial charge in [-0.15, -0.1) is 0 Å². The molecule has 0 aromatic heterocycles. The van der Waals surface area contributed by atoms with Gasteiger partial charge in [0.2, 0.25) is 0 Å². The molecule has 0 aromatic carbocycles. The van der Waals surface area contributed by atoms with Crippen LogP contribution in [0.2, 0.25) is 0 Å². The van der Waals surface area contributed by atoms with E-state index in [1.54, 1.807) is 0 Å². The molecule has 2 N–H and O–H groups in total. The molecule has 1 aliphatic rings. The molecule has 1 fully saturated rings. The third-order valence-corrected chi connectivity index (χ3v) is 3.83. The Labute approximate surface area is 88.2 Å². The molecule has 0 amide bonds. The van der Waals surface area contributed by atoms with E-state index < -0.39 is 0 Å². The minimum Gasteiger partial charge on any atom is -0.372 e. The summed E-state index contributed by atoms with van der Waals surface area (Å²) in [5.74, 6) is 0.943. The molecule has 1 heterocycles. The Morgan fingerprint density at radius 2 is 1.57 bits per heavy atom. The molecule has 0 bridgehead atoms. The van der Waals surface area contributed by atoms with Gasteiger partial charge in [-0.1, -0.05) is 41.5 Å². The average Bonchev–Trinajstić information content (AvgIpc) is 2.25. The standard InChI is InChI=1S/C12H25NO/c1-8(2)12(9(3)4)10(13)11(5,6)7-14-12/h8-10H,7,13H2,1-6H3. The predicted molar refractivity (Wildman–Crippen MR) is 60.1 cm³/mol. The highest BCUT2D eigenvalue weighted by atomic mass is 16.5. The number of ether oxygens (including phenoxy) is 1. The third-order valence-electron chi connectivity index (χ3n) is 3.83. The first-order chi connectivity index (χ1) is 6.25. The van der Waals surface area contributed by atoms with Crippen molar-refractivity contribution in [1.29, 1.82) is 0 Å². The Morgan fingerprint density at radius 1 is 1.14 bits per heavy atom. The number of rotatable bonds is 2. The van der Waals surface area contributed by atoms with Crippen molar-refractivity contribution in [2.24, 2.45) is 23.0 Å². The maximum absolute atomic E-state index is 6.37. The van der Waals surface area contributed by atoms with E-state index in [1.165, 1.54) is 0 Å². The number of hydrogen-bond donors (Lipinski definition) is 1. The Hall–Kier alpha value is -0.0800. The van der Waals surface area contributed by atoms with Crippen LogP contribution in [0.5, 0.6) is 0 Å². The van der Waals surface area contributed by atoms with Gasteiger partial charge in [0.25, 0.3) is 0 Å². The lowest BCUT2D eigenvalue weighted by molar-refractivity contribution is -0.0764. The lowest BCUT2D eigenvalue weighted by Gasteiger charge is -2.42. The monoisotopic (exact) mass is 199 g/mol. The lowest BCUT2D eigenvalue weighted by Crippen LogP contribution is -2.56. The second-order valence-electron chi connectivity index (χ2n) is 5.92. The van der Waals surface area contributed by atoms with Crippen LogP contribution in [0, 0.1) is 17.3 Å². The van der Waals surface area contributed by atoms with Crippen molar-refractivity contribution in [3.63, 3.8) is 0 Å². The Balaban J connectivity index is 3.03. The highest BCUT2D eigenvalue weighted by Gasteiger charge is 2.55. The first-order valence-electron chi connectivity index (χ1n) is 5.64. The molecule has 0 aromatic rings. The summed E-state index contributed by atoms with van der Waals surface area (Å²) < 4.78 is 6.07. The van der Waals surface area contributed by atoms with Crippen LogP contribution in [0.15, 0.2) is 0 Å². The summed E-state index contributed by atoms with van der Waals surface area (Å²) in [6, 6.07) is 0.134. The summed E-state index contributed by atoms with van der Waals surface area (Å²) in [6.45, 7) is 14.0. The number of hydrogen-bond acceptors (Lipinski definition) is 2. The molecule has 0 spiro atoms. The zero-order chi connectivity index (χ0) is 11.1. The summed E-state index contributed by atoms with van der Waals surface area (Å²) in [6.07, 6.45) is 0. The second-order valence-corrected chi connectivity index (χ2v) is 5.92. The smallest absolute Gasteiger partial charge is 0.0884 e. The minimum absolute atomic E-state index is 0.106. The molecule has 2 nitrogen and oxygen atoms in total. The Bertz CT molecular complexity index is 200. The molecule has 0 aliphatic carbocycles. The van der Waals surface area contributed by atoms with E-state index in [9.17, 15) is 0 Å².